The van der Waals surface area contributed by atoms with Crippen LogP contribution in [0.1, 0.15) is 10.4 Å². The predicted molar refractivity (Wildman–Crippen MR) is 61.8 cm³/mol. The lowest BCUT2D eigenvalue weighted by atomic mass is 10.2. The second-order valence-electron chi connectivity index (χ2n) is 2.83. The van der Waals surface area contributed by atoms with Gasteiger partial charge in [0, 0.05) is 4.90 Å². The molecule has 0 radical (unpaired) electrons. The van der Waals surface area contributed by atoms with Gasteiger partial charge in [0.05, 0.1) is 11.3 Å². The van der Waals surface area contributed by atoms with Crippen LogP contribution in [-0.2, 0) is 0 Å². The number of benzene rings is 1. The second kappa shape index (κ2) is 4.50. The number of aromatic nitrogens is 2. The first-order valence-corrected chi connectivity index (χ1v) is 5.94. The van der Waals surface area contributed by atoms with Crippen molar-refractivity contribution in [3.05, 3.63) is 29.3 Å². The van der Waals surface area contributed by atoms with Crippen LogP contribution < -0.4 is 5.73 Å². The first kappa shape index (κ1) is 10.9. The van der Waals surface area contributed by atoms with E-state index in [1.807, 2.05) is 0 Å². The van der Waals surface area contributed by atoms with Gasteiger partial charge in [0.25, 0.3) is 0 Å². The van der Waals surface area contributed by atoms with Gasteiger partial charge in [-0.25, -0.2) is 4.79 Å². The Hall–Kier alpha value is -1.60. The third kappa shape index (κ3) is 2.15. The molecule has 0 aliphatic carbocycles. The maximum Gasteiger partial charge on any atom is 0.337 e. The molecule has 82 valence electrons. The molecule has 0 atom stereocenters. The summed E-state index contributed by atoms with van der Waals surface area (Å²) < 4.78 is 0.731. The fourth-order valence-corrected chi connectivity index (χ4v) is 2.63. The molecule has 0 bridgehead atoms. The van der Waals surface area contributed by atoms with Gasteiger partial charge in [-0.3, -0.25) is 0 Å². The number of hydrogen-bond acceptors (Lipinski definition) is 6. The molecule has 0 fully saturated rings. The number of para-hydroxylation sites is 1. The zero-order chi connectivity index (χ0) is 11.5. The second-order valence-corrected chi connectivity index (χ2v) is 4.95. The third-order valence-electron chi connectivity index (χ3n) is 1.83. The van der Waals surface area contributed by atoms with Gasteiger partial charge in [0.1, 0.15) is 5.51 Å². The minimum atomic E-state index is -1.03. The number of anilines is 1. The van der Waals surface area contributed by atoms with Crippen LogP contribution in [0.2, 0.25) is 0 Å². The summed E-state index contributed by atoms with van der Waals surface area (Å²) in [6, 6.07) is 4.89. The van der Waals surface area contributed by atoms with Crippen LogP contribution in [0, 0.1) is 0 Å². The Morgan fingerprint density at radius 3 is 2.94 bits per heavy atom. The lowest BCUT2D eigenvalue weighted by Gasteiger charge is -2.05. The average Bonchev–Trinajstić information content (AvgIpc) is 2.73. The van der Waals surface area contributed by atoms with Crippen molar-refractivity contribution in [2.45, 2.75) is 9.24 Å². The van der Waals surface area contributed by atoms with Gasteiger partial charge in [-0.15, -0.1) is 10.2 Å². The summed E-state index contributed by atoms with van der Waals surface area (Å²) in [6.45, 7) is 0. The molecule has 0 unspecified atom stereocenters. The minimum absolute atomic E-state index is 0.106. The van der Waals surface area contributed by atoms with Crippen LogP contribution in [0.3, 0.4) is 0 Å². The molecule has 1 heterocycles. The number of aromatic carboxylic acids is 1. The first-order chi connectivity index (χ1) is 7.68. The molecule has 0 saturated carbocycles. The SMILES string of the molecule is Nc1c(Sc2nncs2)cccc1C(=O)O. The summed E-state index contributed by atoms with van der Waals surface area (Å²) in [4.78, 5) is 11.5. The highest BCUT2D eigenvalue weighted by molar-refractivity contribution is 8.01. The fourth-order valence-electron chi connectivity index (χ4n) is 1.12. The maximum absolute atomic E-state index is 10.9. The van der Waals surface area contributed by atoms with Gasteiger partial charge in [-0.05, 0) is 12.1 Å². The van der Waals surface area contributed by atoms with E-state index in [0.29, 0.717) is 4.90 Å². The van der Waals surface area contributed by atoms with E-state index < -0.39 is 5.97 Å². The Bertz CT molecular complexity index is 513. The van der Waals surface area contributed by atoms with Crippen molar-refractivity contribution in [2.75, 3.05) is 5.73 Å². The number of hydrogen-bond donors (Lipinski definition) is 2. The quantitative estimate of drug-likeness (QED) is 0.813. The molecule has 2 aromatic rings. The summed E-state index contributed by atoms with van der Waals surface area (Å²) in [7, 11) is 0. The van der Waals surface area contributed by atoms with Crippen LogP contribution in [-0.4, -0.2) is 21.3 Å². The Morgan fingerprint density at radius 2 is 2.31 bits per heavy atom. The zero-order valence-electron chi connectivity index (χ0n) is 7.95. The molecule has 0 saturated heterocycles. The Balaban J connectivity index is 2.35. The predicted octanol–water partition coefficient (Wildman–Crippen LogP) is 1.97. The first-order valence-electron chi connectivity index (χ1n) is 4.24. The van der Waals surface area contributed by atoms with E-state index in [9.17, 15) is 4.79 Å². The van der Waals surface area contributed by atoms with Crippen molar-refractivity contribution < 1.29 is 9.90 Å². The lowest BCUT2D eigenvalue weighted by Crippen LogP contribution is -2.03. The standard InChI is InChI=1S/C9H7N3O2S2/c10-7-5(8(13)14)2-1-3-6(7)16-9-12-11-4-15-9/h1-4H,10H2,(H,13,14). The van der Waals surface area contributed by atoms with Gasteiger partial charge in [-0.1, -0.05) is 29.2 Å². The number of carboxylic acid groups (broad SMARTS) is 1. The minimum Gasteiger partial charge on any atom is -0.478 e. The number of nitrogens with two attached hydrogens (primary N) is 1. The van der Waals surface area contributed by atoms with Crippen LogP contribution >= 0.6 is 23.1 Å². The van der Waals surface area contributed by atoms with Crippen molar-refractivity contribution in [3.8, 4) is 0 Å². The van der Waals surface area contributed by atoms with Crippen LogP contribution in [0.25, 0.3) is 0 Å². The molecule has 3 N–H and O–H groups in total. The van der Waals surface area contributed by atoms with Gasteiger partial charge >= 0.3 is 5.97 Å². The molecular weight excluding hydrogens is 246 g/mol. The normalized spacial score (nSPS) is 10.2. The van der Waals surface area contributed by atoms with E-state index in [-0.39, 0.29) is 11.3 Å². The Kier molecular flexibility index (Phi) is 3.07. The van der Waals surface area contributed by atoms with E-state index in [2.05, 4.69) is 10.2 Å². The summed E-state index contributed by atoms with van der Waals surface area (Å²) in [5.41, 5.74) is 7.73. The van der Waals surface area contributed by atoms with Crippen LogP contribution in [0.5, 0.6) is 0 Å². The van der Waals surface area contributed by atoms with Gasteiger partial charge in [0.15, 0.2) is 4.34 Å². The number of carboxylic acids is 1. The van der Waals surface area contributed by atoms with Gasteiger partial charge < -0.3 is 10.8 Å². The number of nitrogen functional groups attached to an aromatic ring is 1. The highest BCUT2D eigenvalue weighted by Gasteiger charge is 2.12. The summed E-state index contributed by atoms with van der Waals surface area (Å²) in [6.07, 6.45) is 0. The number of carbonyl (C=O) groups is 1. The summed E-state index contributed by atoms with van der Waals surface area (Å²) >= 11 is 2.69. The number of rotatable bonds is 3. The van der Waals surface area contributed by atoms with Gasteiger partial charge in [0.2, 0.25) is 0 Å². The lowest BCUT2D eigenvalue weighted by molar-refractivity contribution is 0.0698. The molecule has 0 aliphatic rings. The van der Waals surface area contributed by atoms with Crippen molar-refractivity contribution in [2.24, 2.45) is 0 Å². The van der Waals surface area contributed by atoms with E-state index in [0.717, 1.165) is 4.34 Å². The maximum atomic E-state index is 10.9. The summed E-state index contributed by atoms with van der Waals surface area (Å²) in [5.74, 6) is -1.03. The van der Waals surface area contributed by atoms with Crippen molar-refractivity contribution in [3.63, 3.8) is 0 Å². The van der Waals surface area contributed by atoms with Gasteiger partial charge in [-0.2, -0.15) is 0 Å². The Labute approximate surface area is 99.3 Å². The molecule has 0 amide bonds. The zero-order valence-corrected chi connectivity index (χ0v) is 9.59. The van der Waals surface area contributed by atoms with Crippen molar-refractivity contribution >= 4 is 34.8 Å². The van der Waals surface area contributed by atoms with Crippen molar-refractivity contribution in [1.29, 1.82) is 0 Å². The monoisotopic (exact) mass is 253 g/mol. The third-order valence-corrected chi connectivity index (χ3v) is 3.69. The topological polar surface area (TPSA) is 89.1 Å². The summed E-state index contributed by atoms with van der Waals surface area (Å²) in [5, 5.41) is 16.5. The molecule has 1 aromatic carbocycles. The highest BCUT2D eigenvalue weighted by atomic mass is 32.2. The molecule has 16 heavy (non-hydrogen) atoms. The molecule has 0 aliphatic heterocycles. The smallest absolute Gasteiger partial charge is 0.337 e. The molecule has 1 aromatic heterocycles. The molecule has 7 heteroatoms. The largest absolute Gasteiger partial charge is 0.478 e. The Morgan fingerprint density at radius 1 is 1.50 bits per heavy atom. The average molecular weight is 253 g/mol. The van der Waals surface area contributed by atoms with E-state index in [1.165, 1.54) is 29.2 Å². The number of nitrogens with zero attached hydrogens (tertiary/aromatic N) is 2. The van der Waals surface area contributed by atoms with Crippen LogP contribution in [0.15, 0.2) is 32.9 Å². The fraction of sp³-hybridized carbons (Fsp3) is 0. The highest BCUT2D eigenvalue weighted by Crippen LogP contribution is 2.34. The van der Waals surface area contributed by atoms with E-state index in [1.54, 1.807) is 17.6 Å². The molecule has 5 nitrogen and oxygen atoms in total. The van der Waals surface area contributed by atoms with Crippen molar-refractivity contribution in [1.82, 2.24) is 10.2 Å². The van der Waals surface area contributed by atoms with E-state index in [4.69, 9.17) is 10.8 Å². The molecule has 2 rings (SSSR count). The van der Waals surface area contributed by atoms with E-state index >= 15 is 0 Å². The molecule has 0 spiro atoms. The molecular formula is C9H7N3O2S2. The van der Waals surface area contributed by atoms with Crippen LogP contribution in [0.4, 0.5) is 5.69 Å².